The van der Waals surface area contributed by atoms with E-state index in [0.717, 1.165) is 85.7 Å². The molecule has 12 heteroatoms. The third kappa shape index (κ3) is 8.94. The van der Waals surface area contributed by atoms with Crippen molar-refractivity contribution < 1.29 is 23.9 Å². The van der Waals surface area contributed by atoms with Crippen LogP contribution in [-0.4, -0.2) is 96.1 Å². The van der Waals surface area contributed by atoms with Crippen molar-refractivity contribution in [1.82, 2.24) is 30.7 Å². The molecule has 2 saturated heterocycles. The lowest BCUT2D eigenvalue weighted by Gasteiger charge is -2.37. The van der Waals surface area contributed by atoms with Gasteiger partial charge in [0.2, 0.25) is 17.7 Å². The number of aryl methyl sites for hydroxylation is 1. The fourth-order valence-electron chi connectivity index (χ4n) is 7.06. The van der Waals surface area contributed by atoms with Crippen LogP contribution in [0.3, 0.4) is 0 Å². The largest absolute Gasteiger partial charge is 0.495 e. The number of amides is 3. The second kappa shape index (κ2) is 16.1. The molecule has 2 aliphatic heterocycles. The van der Waals surface area contributed by atoms with Crippen molar-refractivity contribution in [2.45, 2.75) is 97.1 Å². The minimum Gasteiger partial charge on any atom is -0.495 e. The van der Waals surface area contributed by atoms with Gasteiger partial charge in [-0.2, -0.15) is 0 Å². The number of allylic oxidation sites excluding steroid dienone is 4. The summed E-state index contributed by atoms with van der Waals surface area (Å²) >= 11 is 1.61. The highest BCUT2D eigenvalue weighted by molar-refractivity contribution is 7.13. The number of aromatic nitrogens is 1. The molecule has 0 unspecified atom stereocenters. The summed E-state index contributed by atoms with van der Waals surface area (Å²) < 4.78 is 12.1. The van der Waals surface area contributed by atoms with E-state index in [2.05, 4.69) is 38.0 Å². The zero-order chi connectivity index (χ0) is 35.3. The Kier molecular flexibility index (Phi) is 11.6. The molecule has 2 atom stereocenters. The maximum atomic E-state index is 13.9. The number of benzene rings is 1. The van der Waals surface area contributed by atoms with Crippen LogP contribution in [-0.2, 0) is 30.4 Å². The molecule has 2 aromatic rings. The highest BCUT2D eigenvalue weighted by atomic mass is 32.1. The van der Waals surface area contributed by atoms with Crippen LogP contribution in [0.1, 0.15) is 70.6 Å². The summed E-state index contributed by atoms with van der Waals surface area (Å²) in [6.07, 6.45) is 9.04. The summed E-state index contributed by atoms with van der Waals surface area (Å²) in [5.74, 6) is 0.268. The number of thiazole rings is 1. The van der Waals surface area contributed by atoms with Crippen LogP contribution in [0.15, 0.2) is 53.4 Å². The van der Waals surface area contributed by atoms with Gasteiger partial charge in [-0.3, -0.25) is 14.4 Å². The van der Waals surface area contributed by atoms with Crippen LogP contribution >= 0.6 is 11.3 Å². The van der Waals surface area contributed by atoms with Gasteiger partial charge in [0.05, 0.1) is 27.9 Å². The van der Waals surface area contributed by atoms with E-state index in [9.17, 15) is 14.4 Å². The second-order valence-corrected chi connectivity index (χ2v) is 15.8. The van der Waals surface area contributed by atoms with Gasteiger partial charge in [0.15, 0.2) is 0 Å². The number of carbonyl (C=O) groups is 3. The maximum absolute atomic E-state index is 13.9. The molecule has 1 aromatic heterocycles. The Morgan fingerprint density at radius 3 is 2.46 bits per heavy atom. The Hall–Kier alpha value is -3.74. The van der Waals surface area contributed by atoms with Crippen LogP contribution in [0.4, 0.5) is 0 Å². The first-order chi connectivity index (χ1) is 24.0. The summed E-state index contributed by atoms with van der Waals surface area (Å²) in [7, 11) is 0. The summed E-state index contributed by atoms with van der Waals surface area (Å²) in [5.41, 5.74) is 5.75. The molecule has 3 N–H and O–H groups in total. The zero-order valence-corrected chi connectivity index (χ0v) is 30.7. The van der Waals surface area contributed by atoms with E-state index in [-0.39, 0.29) is 36.5 Å². The van der Waals surface area contributed by atoms with Crippen LogP contribution in [0.25, 0.3) is 10.4 Å². The van der Waals surface area contributed by atoms with E-state index in [1.54, 1.807) is 16.2 Å². The van der Waals surface area contributed by atoms with Gasteiger partial charge in [0, 0.05) is 64.2 Å². The Bertz CT molecular complexity index is 1570. The Morgan fingerprint density at radius 1 is 1.04 bits per heavy atom. The first-order valence-electron chi connectivity index (χ1n) is 18.1. The molecule has 1 saturated carbocycles. The molecule has 6 rings (SSSR count). The number of likely N-dealkylation sites (tertiary alicyclic amines) is 1. The standard InChI is InChI=1S/C38H52N6O5S/c1-25-34(50-24-41-25)27-9-7-26(8-10-27)22-40-36(46)32-6-5-17-44(32)37(47)35(38(2,3)4)42-33(45)23-48-30-20-31(21-30)49-29-13-11-28(12-14-29)43-18-15-39-16-19-43/h7-11,13,24,30-32,35,39H,5-6,12,14-23H2,1-4H3,(H,40,46)(H,42,45)/t30?,31?,32-,35+/m0/s1. The maximum Gasteiger partial charge on any atom is 0.246 e. The first-order valence-corrected chi connectivity index (χ1v) is 18.9. The molecule has 270 valence electrons. The highest BCUT2D eigenvalue weighted by Gasteiger charge is 2.42. The molecular weight excluding hydrogens is 653 g/mol. The van der Waals surface area contributed by atoms with Crippen molar-refractivity contribution in [3.8, 4) is 10.4 Å². The molecule has 2 aliphatic carbocycles. The lowest BCUT2D eigenvalue weighted by molar-refractivity contribution is -0.146. The van der Waals surface area contributed by atoms with E-state index in [1.807, 2.05) is 57.5 Å². The van der Waals surface area contributed by atoms with Crippen LogP contribution in [0.2, 0.25) is 0 Å². The quantitative estimate of drug-likeness (QED) is 0.299. The van der Waals surface area contributed by atoms with Crippen molar-refractivity contribution in [3.05, 3.63) is 64.6 Å². The molecule has 0 radical (unpaired) electrons. The van der Waals surface area contributed by atoms with Crippen molar-refractivity contribution in [3.63, 3.8) is 0 Å². The van der Waals surface area contributed by atoms with Gasteiger partial charge in [-0.1, -0.05) is 45.0 Å². The average molecular weight is 705 g/mol. The van der Waals surface area contributed by atoms with Gasteiger partial charge >= 0.3 is 0 Å². The summed E-state index contributed by atoms with van der Waals surface area (Å²) in [4.78, 5) is 49.9. The van der Waals surface area contributed by atoms with E-state index >= 15 is 0 Å². The molecule has 3 heterocycles. The van der Waals surface area contributed by atoms with E-state index in [4.69, 9.17) is 9.47 Å². The molecule has 11 nitrogen and oxygen atoms in total. The predicted molar refractivity (Wildman–Crippen MR) is 194 cm³/mol. The molecule has 0 bridgehead atoms. The summed E-state index contributed by atoms with van der Waals surface area (Å²) in [6, 6.07) is 6.74. The number of nitrogens with one attached hydrogen (secondary N) is 3. The zero-order valence-electron chi connectivity index (χ0n) is 29.8. The van der Waals surface area contributed by atoms with Gasteiger partial charge in [-0.15, -0.1) is 11.3 Å². The molecule has 1 aromatic carbocycles. The van der Waals surface area contributed by atoms with Crippen LogP contribution in [0, 0.1) is 12.3 Å². The Labute approximate surface area is 299 Å². The predicted octanol–water partition coefficient (Wildman–Crippen LogP) is 4.29. The molecule has 3 fully saturated rings. The monoisotopic (exact) mass is 704 g/mol. The number of carbonyl (C=O) groups excluding carboxylic acids is 3. The molecular formula is C38H52N6O5S. The fraction of sp³-hybridized carbons (Fsp3) is 0.579. The van der Waals surface area contributed by atoms with Gasteiger partial charge in [0.25, 0.3) is 0 Å². The normalized spacial score (nSPS) is 23.0. The van der Waals surface area contributed by atoms with E-state index < -0.39 is 17.5 Å². The fourth-order valence-corrected chi connectivity index (χ4v) is 7.87. The number of piperazine rings is 1. The van der Waals surface area contributed by atoms with Gasteiger partial charge in [-0.25, -0.2) is 4.98 Å². The number of hydrogen-bond donors (Lipinski definition) is 3. The van der Waals surface area contributed by atoms with Gasteiger partial charge < -0.3 is 35.2 Å². The molecule has 3 amide bonds. The van der Waals surface area contributed by atoms with Crippen LogP contribution in [0.5, 0.6) is 0 Å². The molecule has 50 heavy (non-hydrogen) atoms. The topological polar surface area (TPSA) is 125 Å². The number of ether oxygens (including phenoxy) is 2. The second-order valence-electron chi connectivity index (χ2n) is 14.9. The Balaban J connectivity index is 0.942. The lowest BCUT2D eigenvalue weighted by atomic mass is 9.85. The van der Waals surface area contributed by atoms with Gasteiger partial charge in [-0.05, 0) is 54.9 Å². The van der Waals surface area contributed by atoms with Crippen LogP contribution < -0.4 is 16.0 Å². The third-order valence-electron chi connectivity index (χ3n) is 10.1. The average Bonchev–Trinajstić information content (AvgIpc) is 3.77. The first kappa shape index (κ1) is 36.1. The SMILES string of the molecule is Cc1ncsc1-c1ccc(CNC(=O)[C@@H]2CCCN2C(=O)[C@@H](NC(=O)COC2CC(OC3=CC=C(N4CCNCC4)CC3)C2)C(C)(C)C)cc1. The summed E-state index contributed by atoms with van der Waals surface area (Å²) in [5, 5.41) is 9.37. The Morgan fingerprint density at radius 2 is 1.80 bits per heavy atom. The lowest BCUT2D eigenvalue weighted by Crippen LogP contribution is -2.58. The number of nitrogens with zero attached hydrogens (tertiary/aromatic N) is 3. The number of rotatable bonds is 12. The van der Waals surface area contributed by atoms with Gasteiger partial charge in [0.1, 0.15) is 24.8 Å². The highest BCUT2D eigenvalue weighted by Crippen LogP contribution is 2.32. The third-order valence-corrected chi connectivity index (χ3v) is 11.1. The van der Waals surface area contributed by atoms with Crippen molar-refractivity contribution in [1.29, 1.82) is 0 Å². The number of hydrogen-bond acceptors (Lipinski definition) is 9. The minimum atomic E-state index is -0.787. The smallest absolute Gasteiger partial charge is 0.246 e. The van der Waals surface area contributed by atoms with E-state index in [0.29, 0.717) is 19.5 Å². The van der Waals surface area contributed by atoms with Crippen molar-refractivity contribution in [2.24, 2.45) is 5.41 Å². The summed E-state index contributed by atoms with van der Waals surface area (Å²) in [6.45, 7) is 12.7. The van der Waals surface area contributed by atoms with Crippen molar-refractivity contribution in [2.75, 3.05) is 39.3 Å². The minimum absolute atomic E-state index is 0.0506. The van der Waals surface area contributed by atoms with E-state index in [1.165, 1.54) is 5.70 Å². The van der Waals surface area contributed by atoms with Crippen molar-refractivity contribution >= 4 is 29.1 Å². The molecule has 0 spiro atoms. The molecule has 4 aliphatic rings.